The summed E-state index contributed by atoms with van der Waals surface area (Å²) in [4.78, 5) is 37.7. The zero-order valence-electron chi connectivity index (χ0n) is 26.4. The van der Waals surface area contributed by atoms with Crippen LogP contribution in [0.15, 0.2) is 35.1 Å². The van der Waals surface area contributed by atoms with Crippen LogP contribution in [0, 0.1) is 24.1 Å². The number of carbonyl (C=O) groups is 1. The Labute approximate surface area is 247 Å². The summed E-state index contributed by atoms with van der Waals surface area (Å²) in [5.74, 6) is -3.79. The van der Waals surface area contributed by atoms with Crippen molar-refractivity contribution >= 4 is 22.8 Å². The number of nitrogens with zero attached hydrogens (tertiary/aromatic N) is 5. The van der Waals surface area contributed by atoms with Crippen LogP contribution in [-0.2, 0) is 22.7 Å². The lowest BCUT2D eigenvalue weighted by Gasteiger charge is -2.40. The summed E-state index contributed by atoms with van der Waals surface area (Å²) >= 11 is 0. The summed E-state index contributed by atoms with van der Waals surface area (Å²) in [6.07, 6.45) is 1.68. The molecule has 1 aromatic carbocycles. The summed E-state index contributed by atoms with van der Waals surface area (Å²) in [6, 6.07) is 9.25. The Morgan fingerprint density at radius 2 is 1.98 bits per heavy atom. The summed E-state index contributed by atoms with van der Waals surface area (Å²) in [6.45, 7) is 1.03. The molecule has 7 rings (SSSR count). The lowest BCUT2D eigenvalue weighted by atomic mass is 9.90. The van der Waals surface area contributed by atoms with E-state index in [2.05, 4.69) is 31.6 Å². The topological polar surface area (TPSA) is 116 Å². The van der Waals surface area contributed by atoms with Gasteiger partial charge in [-0.25, -0.2) is 18.7 Å². The molecule has 5 heterocycles. The molecule has 1 aliphatic carbocycles. The van der Waals surface area contributed by atoms with Crippen LogP contribution in [0.4, 0.5) is 14.6 Å². The van der Waals surface area contributed by atoms with E-state index in [1.54, 1.807) is 19.1 Å². The molecule has 1 saturated carbocycles. The third-order valence-corrected chi connectivity index (χ3v) is 8.76. The van der Waals surface area contributed by atoms with E-state index >= 15 is 8.78 Å². The second-order valence-corrected chi connectivity index (χ2v) is 11.8. The van der Waals surface area contributed by atoms with Gasteiger partial charge >= 0.3 is 0 Å². The number of carbonyl (C=O) groups excluding carboxylic acids is 1. The molecule has 2 N–H and O–H groups in total. The number of hydrogen-bond donors (Lipinski definition) is 2. The number of benzene rings is 1. The van der Waals surface area contributed by atoms with Gasteiger partial charge in [0.15, 0.2) is 0 Å². The van der Waals surface area contributed by atoms with Crippen LogP contribution in [0.2, 0.25) is 0 Å². The number of amides is 1. The number of halogens is 2. The number of rotatable bonds is 1. The first-order chi connectivity index (χ1) is 21.3. The number of nitrogens with one attached hydrogen (secondary N) is 2. The Balaban J connectivity index is 1.49. The van der Waals surface area contributed by atoms with Gasteiger partial charge in [0.2, 0.25) is 5.91 Å². The average Bonchev–Trinajstić information content (AvgIpc) is 3.77. The van der Waals surface area contributed by atoms with E-state index < -0.39 is 48.1 Å². The SMILES string of the molecule is [2H]C([2H])([2H])c1nc2c3cc(C4(C#N)CC4)c(=O)n(c3n1)CC(=O)NCCCN1CC(CCC(F)(F)c3cccc(c3)[C@@H](C)N2)C1. The predicted molar refractivity (Wildman–Crippen MR) is 154 cm³/mol. The Morgan fingerprint density at radius 3 is 2.71 bits per heavy atom. The van der Waals surface area contributed by atoms with Crippen molar-refractivity contribution in [1.29, 1.82) is 5.26 Å². The second-order valence-electron chi connectivity index (χ2n) is 11.8. The molecule has 2 fully saturated rings. The van der Waals surface area contributed by atoms with E-state index in [0.29, 0.717) is 44.3 Å². The minimum Gasteiger partial charge on any atom is -0.363 e. The van der Waals surface area contributed by atoms with Crippen LogP contribution >= 0.6 is 0 Å². The predicted octanol–water partition coefficient (Wildman–Crippen LogP) is 4.15. The maximum atomic E-state index is 15.4. The number of fused-ring (bicyclic) bond motifs is 8. The zero-order chi connectivity index (χ0) is 32.1. The number of aryl methyl sites for hydroxylation is 1. The molecule has 11 heteroatoms. The highest BCUT2D eigenvalue weighted by Crippen LogP contribution is 2.47. The van der Waals surface area contributed by atoms with Gasteiger partial charge < -0.3 is 15.5 Å². The van der Waals surface area contributed by atoms with Crippen molar-refractivity contribution in [3.8, 4) is 6.07 Å². The standard InChI is InChI=1S/C31H35F2N7O2/c1-19-22-5-3-6-23(13-22)31(32,33)8-7-21-15-39(16-21)12-4-11-35-26(41)17-40-28-24(27(36-19)37-20(2)38-28)14-25(29(40)42)30(18-34)9-10-30/h3,5-6,13-14,19,21H,4,7-12,15-17H2,1-2H3,(H,35,41)(H,36,37,38)/t19-/m1/s1/i2D3. The molecule has 9 nitrogen and oxygen atoms in total. The summed E-state index contributed by atoms with van der Waals surface area (Å²) < 4.78 is 55.9. The molecule has 3 aromatic rings. The molecular weight excluding hydrogens is 540 g/mol. The number of alkyl halides is 2. The smallest absolute Gasteiger partial charge is 0.273 e. The van der Waals surface area contributed by atoms with Gasteiger partial charge in [-0.15, -0.1) is 0 Å². The molecule has 8 bridgehead atoms. The van der Waals surface area contributed by atoms with E-state index in [0.717, 1.165) is 17.7 Å². The minimum atomic E-state index is -3.03. The average molecular weight is 579 g/mol. The van der Waals surface area contributed by atoms with Gasteiger partial charge in [0.05, 0.1) is 16.9 Å². The first-order valence-corrected chi connectivity index (χ1v) is 14.4. The third kappa shape index (κ3) is 5.36. The maximum absolute atomic E-state index is 15.4. The number of hydrogen-bond acceptors (Lipinski definition) is 7. The molecule has 220 valence electrons. The first kappa shape index (κ1) is 24.7. The van der Waals surface area contributed by atoms with Crippen LogP contribution in [0.5, 0.6) is 0 Å². The number of pyridine rings is 1. The number of anilines is 1. The normalized spacial score (nSPS) is 26.7. The Hall–Kier alpha value is -3.91. The van der Waals surface area contributed by atoms with Gasteiger partial charge in [-0.2, -0.15) is 5.26 Å². The molecule has 0 unspecified atom stereocenters. The molecule has 2 aromatic heterocycles. The lowest BCUT2D eigenvalue weighted by Crippen LogP contribution is -2.47. The Morgan fingerprint density at radius 1 is 1.17 bits per heavy atom. The van der Waals surface area contributed by atoms with Gasteiger partial charge in [-0.3, -0.25) is 14.2 Å². The highest BCUT2D eigenvalue weighted by Gasteiger charge is 2.47. The highest BCUT2D eigenvalue weighted by atomic mass is 19.3. The Bertz CT molecular complexity index is 1740. The van der Waals surface area contributed by atoms with E-state index in [9.17, 15) is 14.9 Å². The van der Waals surface area contributed by atoms with Crippen LogP contribution in [0.3, 0.4) is 0 Å². The van der Waals surface area contributed by atoms with Crippen molar-refractivity contribution in [3.63, 3.8) is 0 Å². The molecule has 1 amide bonds. The van der Waals surface area contributed by atoms with E-state index in [1.807, 2.05) is 0 Å². The number of nitriles is 1. The van der Waals surface area contributed by atoms with Crippen molar-refractivity contribution < 1.29 is 17.7 Å². The van der Waals surface area contributed by atoms with Crippen LogP contribution < -0.4 is 16.2 Å². The highest BCUT2D eigenvalue weighted by molar-refractivity contribution is 5.89. The van der Waals surface area contributed by atoms with Crippen molar-refractivity contribution in [3.05, 3.63) is 63.2 Å². The van der Waals surface area contributed by atoms with Crippen LogP contribution in [0.25, 0.3) is 11.0 Å². The maximum Gasteiger partial charge on any atom is 0.273 e. The molecule has 42 heavy (non-hydrogen) atoms. The van der Waals surface area contributed by atoms with Crippen molar-refractivity contribution in [2.75, 3.05) is 31.5 Å². The van der Waals surface area contributed by atoms with Crippen molar-refractivity contribution in [2.24, 2.45) is 5.92 Å². The van der Waals surface area contributed by atoms with Gasteiger partial charge in [0.25, 0.3) is 11.5 Å². The van der Waals surface area contributed by atoms with Crippen LogP contribution in [-0.4, -0.2) is 51.5 Å². The van der Waals surface area contributed by atoms with Gasteiger partial charge in [0.1, 0.15) is 23.8 Å². The fourth-order valence-electron chi connectivity index (χ4n) is 6.04. The van der Waals surface area contributed by atoms with E-state index in [1.165, 1.54) is 18.2 Å². The van der Waals surface area contributed by atoms with Crippen molar-refractivity contribution in [2.45, 2.75) is 69.8 Å². The third-order valence-electron chi connectivity index (χ3n) is 8.76. The van der Waals surface area contributed by atoms with Crippen LogP contribution in [0.1, 0.15) is 71.7 Å². The molecular formula is C31H35F2N7O2. The summed E-state index contributed by atoms with van der Waals surface area (Å²) in [5.41, 5.74) is -1.09. The zero-order valence-corrected chi connectivity index (χ0v) is 23.4. The quantitative estimate of drug-likeness (QED) is 0.446. The fraction of sp³-hybridized carbons (Fsp3) is 0.516. The molecule has 4 aliphatic rings. The monoisotopic (exact) mass is 578 g/mol. The Kier molecular flexibility index (Phi) is 6.30. The molecule has 0 radical (unpaired) electrons. The fourth-order valence-corrected chi connectivity index (χ4v) is 6.04. The molecule has 0 spiro atoms. The lowest BCUT2D eigenvalue weighted by molar-refractivity contribution is -0.121. The summed E-state index contributed by atoms with van der Waals surface area (Å²) in [7, 11) is 0. The first-order valence-electron chi connectivity index (χ1n) is 15.9. The van der Waals surface area contributed by atoms with E-state index in [4.69, 9.17) is 4.11 Å². The summed E-state index contributed by atoms with van der Waals surface area (Å²) in [5, 5.41) is 16.2. The van der Waals surface area contributed by atoms with Gasteiger partial charge in [-0.1, -0.05) is 18.2 Å². The molecule has 1 atom stereocenters. The minimum absolute atomic E-state index is 0.0552. The molecule has 1 saturated heterocycles. The van der Waals surface area contributed by atoms with Gasteiger partial charge in [-0.05, 0) is 69.6 Å². The van der Waals surface area contributed by atoms with Gasteiger partial charge in [0, 0.05) is 47.3 Å². The second kappa shape index (κ2) is 10.7. The van der Waals surface area contributed by atoms with E-state index in [-0.39, 0.29) is 40.3 Å². The van der Waals surface area contributed by atoms with Crippen molar-refractivity contribution in [1.82, 2.24) is 24.8 Å². The number of aromatic nitrogens is 3. The molecule has 3 aliphatic heterocycles. The largest absolute Gasteiger partial charge is 0.363 e.